The van der Waals surface area contributed by atoms with Gasteiger partial charge in [-0.1, -0.05) is 17.7 Å². The smallest absolute Gasteiger partial charge is 0.323 e. The molecule has 0 aliphatic rings. The summed E-state index contributed by atoms with van der Waals surface area (Å²) >= 11 is 5.71. The topological polar surface area (TPSA) is 84.7 Å². The molecule has 4 rings (SSSR count). The van der Waals surface area contributed by atoms with E-state index < -0.39 is 11.8 Å². The minimum absolute atomic E-state index is 0.0805. The fourth-order valence-electron chi connectivity index (χ4n) is 3.04. The highest BCUT2D eigenvalue weighted by Gasteiger charge is 2.07. The van der Waals surface area contributed by atoms with Crippen LogP contribution in [0.2, 0.25) is 5.02 Å². The number of aromatic nitrogens is 2. The van der Waals surface area contributed by atoms with E-state index in [1.54, 1.807) is 36.5 Å². The van der Waals surface area contributed by atoms with Crippen molar-refractivity contribution < 1.29 is 13.9 Å². The predicted molar refractivity (Wildman–Crippen MR) is 121 cm³/mol. The standard InChI is InChI=1S/C23H18ClFN4O3/c1-14-3-2-10-29-21(30)12-17(26-22(14)29)13-32-18-7-4-15(5-8-18)27-23(31)28-16-6-9-20(25)19(24)11-16/h2-12H,13H2,1H3,(H2,27,28,31). The van der Waals surface area contributed by atoms with Crippen molar-refractivity contribution in [2.24, 2.45) is 0 Å². The number of rotatable bonds is 5. The van der Waals surface area contributed by atoms with E-state index in [0.717, 1.165) is 5.56 Å². The highest BCUT2D eigenvalue weighted by molar-refractivity contribution is 6.31. The molecule has 2 aromatic carbocycles. The van der Waals surface area contributed by atoms with Crippen molar-refractivity contribution in [3.8, 4) is 5.75 Å². The summed E-state index contributed by atoms with van der Waals surface area (Å²) in [5.41, 5.74) is 2.72. The van der Waals surface area contributed by atoms with Gasteiger partial charge in [-0.25, -0.2) is 14.2 Å². The lowest BCUT2D eigenvalue weighted by Crippen LogP contribution is -2.19. The Labute approximate surface area is 187 Å². The third kappa shape index (κ3) is 4.87. The van der Waals surface area contributed by atoms with E-state index in [4.69, 9.17) is 16.3 Å². The molecule has 2 amide bonds. The average molecular weight is 453 g/mol. The van der Waals surface area contributed by atoms with Crippen molar-refractivity contribution in [1.82, 2.24) is 9.38 Å². The molecule has 0 unspecified atom stereocenters. The molecule has 0 aliphatic carbocycles. The molecule has 0 spiro atoms. The number of ether oxygens (including phenoxy) is 1. The van der Waals surface area contributed by atoms with Crippen molar-refractivity contribution in [3.05, 3.63) is 99.3 Å². The number of urea groups is 1. The summed E-state index contributed by atoms with van der Waals surface area (Å²) in [7, 11) is 0. The van der Waals surface area contributed by atoms with Crippen LogP contribution in [-0.2, 0) is 6.61 Å². The fraction of sp³-hybridized carbons (Fsp3) is 0.0870. The number of anilines is 2. The maximum atomic E-state index is 13.2. The molecule has 162 valence electrons. The zero-order valence-electron chi connectivity index (χ0n) is 16.9. The molecule has 0 bridgehead atoms. The normalized spacial score (nSPS) is 10.7. The van der Waals surface area contributed by atoms with Gasteiger partial charge in [0.15, 0.2) is 0 Å². The van der Waals surface area contributed by atoms with Crippen LogP contribution in [-0.4, -0.2) is 15.4 Å². The first-order chi connectivity index (χ1) is 15.4. The van der Waals surface area contributed by atoms with Crippen LogP contribution in [0.1, 0.15) is 11.3 Å². The Kier molecular flexibility index (Phi) is 6.04. The number of pyridine rings is 1. The first kappa shape index (κ1) is 21.3. The third-order valence-corrected chi connectivity index (χ3v) is 4.91. The number of hydrogen-bond donors (Lipinski definition) is 2. The SMILES string of the molecule is Cc1cccn2c(=O)cc(COc3ccc(NC(=O)Nc4ccc(F)c(Cl)c4)cc3)nc12. The Bertz CT molecular complexity index is 1360. The van der Waals surface area contributed by atoms with E-state index in [2.05, 4.69) is 15.6 Å². The van der Waals surface area contributed by atoms with Crippen LogP contribution in [0.3, 0.4) is 0 Å². The highest BCUT2D eigenvalue weighted by Crippen LogP contribution is 2.20. The summed E-state index contributed by atoms with van der Waals surface area (Å²) in [5.74, 6) is -0.0134. The molecular formula is C23H18ClFN4O3. The van der Waals surface area contributed by atoms with Crippen molar-refractivity contribution >= 4 is 34.7 Å². The summed E-state index contributed by atoms with van der Waals surface area (Å²) in [6.45, 7) is 2.01. The van der Waals surface area contributed by atoms with E-state index >= 15 is 0 Å². The lowest BCUT2D eigenvalue weighted by Gasteiger charge is -2.10. The molecule has 2 heterocycles. The van der Waals surface area contributed by atoms with Crippen molar-refractivity contribution in [3.63, 3.8) is 0 Å². The second-order valence-corrected chi connectivity index (χ2v) is 7.40. The molecule has 2 aromatic heterocycles. The molecule has 0 fully saturated rings. The Hall–Kier alpha value is -3.91. The van der Waals surface area contributed by atoms with E-state index in [9.17, 15) is 14.0 Å². The van der Waals surface area contributed by atoms with Crippen molar-refractivity contribution in [2.75, 3.05) is 10.6 Å². The van der Waals surface area contributed by atoms with Gasteiger partial charge in [-0.15, -0.1) is 0 Å². The van der Waals surface area contributed by atoms with Crippen LogP contribution in [0.4, 0.5) is 20.6 Å². The fourth-order valence-corrected chi connectivity index (χ4v) is 3.22. The van der Waals surface area contributed by atoms with Gasteiger partial charge < -0.3 is 15.4 Å². The van der Waals surface area contributed by atoms with Gasteiger partial charge in [0.2, 0.25) is 0 Å². The predicted octanol–water partition coefficient (Wildman–Crippen LogP) is 5.02. The van der Waals surface area contributed by atoms with Crippen LogP contribution in [0.5, 0.6) is 5.75 Å². The molecule has 7 nitrogen and oxygen atoms in total. The number of carbonyl (C=O) groups is 1. The van der Waals surface area contributed by atoms with Crippen LogP contribution in [0.15, 0.2) is 71.7 Å². The molecule has 32 heavy (non-hydrogen) atoms. The maximum absolute atomic E-state index is 13.2. The van der Waals surface area contributed by atoms with Gasteiger partial charge >= 0.3 is 6.03 Å². The van der Waals surface area contributed by atoms with Crippen LogP contribution >= 0.6 is 11.6 Å². The average Bonchev–Trinajstić information content (AvgIpc) is 2.76. The minimum atomic E-state index is -0.563. The monoisotopic (exact) mass is 452 g/mol. The number of fused-ring (bicyclic) bond motifs is 1. The van der Waals surface area contributed by atoms with E-state index in [1.165, 1.54) is 28.7 Å². The molecule has 0 aliphatic heterocycles. The molecular weight excluding hydrogens is 435 g/mol. The van der Waals surface area contributed by atoms with Gasteiger partial charge in [-0.05, 0) is 61.0 Å². The Balaban J connectivity index is 1.37. The van der Waals surface area contributed by atoms with Gasteiger partial charge in [-0.2, -0.15) is 0 Å². The number of benzene rings is 2. The second kappa shape index (κ2) is 9.07. The first-order valence-electron chi connectivity index (χ1n) is 9.63. The maximum Gasteiger partial charge on any atom is 0.323 e. The number of hydrogen-bond acceptors (Lipinski definition) is 4. The van der Waals surface area contributed by atoms with E-state index in [-0.39, 0.29) is 17.2 Å². The minimum Gasteiger partial charge on any atom is -0.487 e. The Morgan fingerprint density at radius 1 is 1.09 bits per heavy atom. The van der Waals surface area contributed by atoms with E-state index in [0.29, 0.717) is 28.5 Å². The number of carbonyl (C=O) groups excluding carboxylic acids is 1. The molecule has 2 N–H and O–H groups in total. The number of halogens is 2. The molecule has 0 radical (unpaired) electrons. The molecule has 0 atom stereocenters. The second-order valence-electron chi connectivity index (χ2n) is 6.99. The van der Waals surface area contributed by atoms with Crippen molar-refractivity contribution in [1.29, 1.82) is 0 Å². The summed E-state index contributed by atoms with van der Waals surface area (Å²) in [6.07, 6.45) is 1.68. The lowest BCUT2D eigenvalue weighted by molar-refractivity contribution is 0.262. The number of amides is 2. The zero-order valence-corrected chi connectivity index (χ0v) is 17.7. The van der Waals surface area contributed by atoms with Crippen LogP contribution in [0.25, 0.3) is 5.65 Å². The number of nitrogens with zero attached hydrogens (tertiary/aromatic N) is 2. The summed E-state index contributed by atoms with van der Waals surface area (Å²) < 4.78 is 20.4. The zero-order chi connectivity index (χ0) is 22.7. The Morgan fingerprint density at radius 2 is 1.81 bits per heavy atom. The first-order valence-corrected chi connectivity index (χ1v) is 10.0. The molecule has 4 aromatic rings. The number of nitrogens with one attached hydrogen (secondary N) is 2. The highest BCUT2D eigenvalue weighted by atomic mass is 35.5. The summed E-state index contributed by atoms with van der Waals surface area (Å²) in [4.78, 5) is 28.9. The van der Waals surface area contributed by atoms with Crippen molar-refractivity contribution in [2.45, 2.75) is 13.5 Å². The number of aryl methyl sites for hydroxylation is 1. The summed E-state index contributed by atoms with van der Waals surface area (Å²) in [6, 6.07) is 15.2. The van der Waals surface area contributed by atoms with Gasteiger partial charge in [0.1, 0.15) is 23.8 Å². The lowest BCUT2D eigenvalue weighted by atomic mass is 10.3. The van der Waals surface area contributed by atoms with Gasteiger partial charge in [0, 0.05) is 23.6 Å². The Morgan fingerprint density at radius 3 is 2.56 bits per heavy atom. The molecule has 0 saturated carbocycles. The quantitative estimate of drug-likeness (QED) is 0.445. The van der Waals surface area contributed by atoms with E-state index in [1.807, 2.05) is 13.0 Å². The third-order valence-electron chi connectivity index (χ3n) is 4.62. The van der Waals surface area contributed by atoms with Gasteiger partial charge in [-0.3, -0.25) is 9.20 Å². The molecule has 9 heteroatoms. The molecule has 0 saturated heterocycles. The van der Waals surface area contributed by atoms with Gasteiger partial charge in [0.05, 0.1) is 10.7 Å². The van der Waals surface area contributed by atoms with Gasteiger partial charge in [0.25, 0.3) is 5.56 Å². The largest absolute Gasteiger partial charge is 0.487 e. The summed E-state index contributed by atoms with van der Waals surface area (Å²) in [5, 5.41) is 5.15. The van der Waals surface area contributed by atoms with Crippen LogP contribution < -0.4 is 20.9 Å². The van der Waals surface area contributed by atoms with Crippen LogP contribution in [0, 0.1) is 12.7 Å².